The van der Waals surface area contributed by atoms with Crippen molar-refractivity contribution in [3.05, 3.63) is 50.9 Å². The average Bonchev–Trinajstić information content (AvgIpc) is 2.99. The van der Waals surface area contributed by atoms with Crippen molar-refractivity contribution >= 4 is 33.3 Å². The Morgan fingerprint density at radius 2 is 2.13 bits per heavy atom. The molecule has 6 nitrogen and oxygen atoms in total. The minimum atomic E-state index is -3.06. The smallest absolute Gasteiger partial charge is 0.275 e. The summed E-state index contributed by atoms with van der Waals surface area (Å²) in [4.78, 5) is 16.8. The fourth-order valence-corrected chi connectivity index (χ4v) is 4.54. The van der Waals surface area contributed by atoms with Crippen molar-refractivity contribution in [2.75, 3.05) is 11.5 Å². The van der Waals surface area contributed by atoms with E-state index < -0.39 is 9.84 Å². The van der Waals surface area contributed by atoms with Gasteiger partial charge in [0.05, 0.1) is 33.8 Å². The molecule has 0 radical (unpaired) electrons. The zero-order valence-corrected chi connectivity index (χ0v) is 14.1. The molecule has 2 heterocycles. The summed E-state index contributed by atoms with van der Waals surface area (Å²) in [6.45, 7) is 1.76. The number of sulfone groups is 1. The molecule has 3 rings (SSSR count). The first kappa shape index (κ1) is 16.0. The van der Waals surface area contributed by atoms with Crippen molar-refractivity contribution in [3.8, 4) is 0 Å². The third-order valence-electron chi connectivity index (χ3n) is 3.90. The minimum Gasteiger partial charge on any atom is -0.299 e. The Morgan fingerprint density at radius 1 is 1.39 bits per heavy atom. The van der Waals surface area contributed by atoms with E-state index in [9.17, 15) is 13.2 Å². The molecule has 1 aromatic carbocycles. The molecule has 1 N–H and O–H groups in total. The van der Waals surface area contributed by atoms with Gasteiger partial charge >= 0.3 is 0 Å². The SMILES string of the molecule is Cc1[nH]n(C2CCS(=O)(=O)C2)c(=O)c1C=Nc1ccccc1Cl. The molecule has 0 aliphatic carbocycles. The first-order chi connectivity index (χ1) is 10.9. The Hall–Kier alpha value is -1.86. The fourth-order valence-electron chi connectivity index (χ4n) is 2.66. The van der Waals surface area contributed by atoms with Crippen molar-refractivity contribution in [1.29, 1.82) is 0 Å². The van der Waals surface area contributed by atoms with Gasteiger partial charge in [-0.25, -0.2) is 13.1 Å². The summed E-state index contributed by atoms with van der Waals surface area (Å²) in [7, 11) is -3.06. The van der Waals surface area contributed by atoms with Gasteiger partial charge in [-0.1, -0.05) is 23.7 Å². The number of aryl methyl sites for hydroxylation is 1. The molecule has 2 aromatic rings. The summed E-state index contributed by atoms with van der Waals surface area (Å²) in [5.41, 5.74) is 1.37. The van der Waals surface area contributed by atoms with Gasteiger partial charge in [0.2, 0.25) is 0 Å². The number of H-pyrrole nitrogens is 1. The van der Waals surface area contributed by atoms with E-state index >= 15 is 0 Å². The zero-order chi connectivity index (χ0) is 16.6. The quantitative estimate of drug-likeness (QED) is 0.859. The van der Waals surface area contributed by atoms with Crippen molar-refractivity contribution in [2.24, 2.45) is 4.99 Å². The van der Waals surface area contributed by atoms with Crippen LogP contribution in [0.3, 0.4) is 0 Å². The van der Waals surface area contributed by atoms with Gasteiger partial charge in [0, 0.05) is 11.9 Å². The lowest BCUT2D eigenvalue weighted by Crippen LogP contribution is -2.25. The second-order valence-electron chi connectivity index (χ2n) is 5.59. The predicted molar refractivity (Wildman–Crippen MR) is 90.8 cm³/mol. The molecule has 8 heteroatoms. The highest BCUT2D eigenvalue weighted by Crippen LogP contribution is 2.24. The van der Waals surface area contributed by atoms with Crippen LogP contribution >= 0.6 is 11.6 Å². The number of hydrogen-bond acceptors (Lipinski definition) is 4. The van der Waals surface area contributed by atoms with E-state index in [4.69, 9.17) is 11.6 Å². The molecule has 23 heavy (non-hydrogen) atoms. The van der Waals surface area contributed by atoms with Crippen LogP contribution in [0.25, 0.3) is 0 Å². The normalized spacial score (nSPS) is 20.3. The van der Waals surface area contributed by atoms with Gasteiger partial charge in [-0.2, -0.15) is 0 Å². The molecule has 0 saturated carbocycles. The molecule has 0 bridgehead atoms. The van der Waals surface area contributed by atoms with Gasteiger partial charge in [-0.3, -0.25) is 14.9 Å². The number of aromatic amines is 1. The monoisotopic (exact) mass is 353 g/mol. The van der Waals surface area contributed by atoms with Crippen molar-refractivity contribution in [3.63, 3.8) is 0 Å². The van der Waals surface area contributed by atoms with Crippen molar-refractivity contribution in [1.82, 2.24) is 9.78 Å². The van der Waals surface area contributed by atoms with Gasteiger partial charge in [-0.05, 0) is 25.5 Å². The van der Waals surface area contributed by atoms with Gasteiger partial charge in [0.25, 0.3) is 5.56 Å². The minimum absolute atomic E-state index is 0.00600. The number of aliphatic imine (C=N–C) groups is 1. The maximum Gasteiger partial charge on any atom is 0.275 e. The van der Waals surface area contributed by atoms with Crippen molar-refractivity contribution in [2.45, 2.75) is 19.4 Å². The standard InChI is InChI=1S/C15H16ClN3O3S/c1-10-12(8-17-14-5-3-2-4-13(14)16)15(20)19(18-10)11-6-7-23(21,22)9-11/h2-5,8,11,18H,6-7,9H2,1H3. The van der Waals surface area contributed by atoms with E-state index in [1.54, 1.807) is 25.1 Å². The van der Waals surface area contributed by atoms with Crippen LogP contribution in [-0.4, -0.2) is 35.9 Å². The van der Waals surface area contributed by atoms with Gasteiger partial charge < -0.3 is 0 Å². The van der Waals surface area contributed by atoms with Crippen LogP contribution < -0.4 is 5.56 Å². The Labute approximate surface area is 138 Å². The maximum absolute atomic E-state index is 12.5. The lowest BCUT2D eigenvalue weighted by atomic mass is 10.2. The van der Waals surface area contributed by atoms with Crippen LogP contribution in [0.15, 0.2) is 34.1 Å². The average molecular weight is 354 g/mol. The first-order valence-electron chi connectivity index (χ1n) is 7.17. The summed E-state index contributed by atoms with van der Waals surface area (Å²) in [6, 6.07) is 6.75. The second kappa shape index (κ2) is 5.98. The molecule has 1 aromatic heterocycles. The zero-order valence-electron chi connectivity index (χ0n) is 12.5. The van der Waals surface area contributed by atoms with Crippen LogP contribution in [-0.2, 0) is 9.84 Å². The summed E-state index contributed by atoms with van der Waals surface area (Å²) < 4.78 is 24.6. The second-order valence-corrected chi connectivity index (χ2v) is 8.23. The van der Waals surface area contributed by atoms with E-state index in [0.29, 0.717) is 28.4 Å². The lowest BCUT2D eigenvalue weighted by molar-refractivity contribution is 0.483. The van der Waals surface area contributed by atoms with Crippen molar-refractivity contribution < 1.29 is 8.42 Å². The van der Waals surface area contributed by atoms with E-state index in [1.165, 1.54) is 10.9 Å². The number of nitrogens with one attached hydrogen (secondary N) is 1. The fraction of sp³-hybridized carbons (Fsp3) is 0.333. The Kier molecular flexibility index (Phi) is 4.16. The third kappa shape index (κ3) is 3.25. The number of para-hydroxylation sites is 1. The highest BCUT2D eigenvalue weighted by Gasteiger charge is 2.31. The van der Waals surface area contributed by atoms with Gasteiger partial charge in [0.1, 0.15) is 0 Å². The topological polar surface area (TPSA) is 84.3 Å². The largest absolute Gasteiger partial charge is 0.299 e. The Balaban J connectivity index is 1.93. The Morgan fingerprint density at radius 3 is 2.78 bits per heavy atom. The number of aromatic nitrogens is 2. The predicted octanol–water partition coefficient (Wildman–Crippen LogP) is 2.25. The Bertz CT molecular complexity index is 928. The number of rotatable bonds is 3. The molecule has 1 saturated heterocycles. The van der Waals surface area contributed by atoms with E-state index in [0.717, 1.165) is 0 Å². The highest BCUT2D eigenvalue weighted by atomic mass is 35.5. The molecular formula is C15H16ClN3O3S. The molecule has 1 fully saturated rings. The molecule has 1 aliphatic rings. The lowest BCUT2D eigenvalue weighted by Gasteiger charge is -2.07. The summed E-state index contributed by atoms with van der Waals surface area (Å²) in [5, 5.41) is 3.46. The molecule has 1 atom stereocenters. The number of halogens is 1. The molecular weight excluding hydrogens is 338 g/mol. The molecule has 1 aliphatic heterocycles. The van der Waals surface area contributed by atoms with Crippen LogP contribution in [0.2, 0.25) is 5.02 Å². The third-order valence-corrected chi connectivity index (χ3v) is 5.97. The number of benzene rings is 1. The van der Waals surface area contributed by atoms with Gasteiger partial charge in [0.15, 0.2) is 9.84 Å². The van der Waals surface area contributed by atoms with Gasteiger partial charge in [-0.15, -0.1) is 0 Å². The summed E-state index contributed by atoms with van der Waals surface area (Å²) in [5.74, 6) is 0.110. The first-order valence-corrected chi connectivity index (χ1v) is 9.37. The van der Waals surface area contributed by atoms with Crippen LogP contribution in [0.4, 0.5) is 5.69 Å². The van der Waals surface area contributed by atoms with Crippen LogP contribution in [0.5, 0.6) is 0 Å². The summed E-state index contributed by atoms with van der Waals surface area (Å²) in [6.07, 6.45) is 1.92. The molecule has 0 amide bonds. The highest BCUT2D eigenvalue weighted by molar-refractivity contribution is 7.91. The van der Waals surface area contributed by atoms with E-state index in [1.807, 2.05) is 6.07 Å². The number of nitrogens with zero attached hydrogens (tertiary/aromatic N) is 2. The van der Waals surface area contributed by atoms with Crippen LogP contribution in [0, 0.1) is 6.92 Å². The number of hydrogen-bond donors (Lipinski definition) is 1. The maximum atomic E-state index is 12.5. The molecule has 1 unspecified atom stereocenters. The summed E-state index contributed by atoms with van der Waals surface area (Å²) >= 11 is 6.04. The van der Waals surface area contributed by atoms with E-state index in [2.05, 4.69) is 10.1 Å². The molecule has 0 spiro atoms. The van der Waals surface area contributed by atoms with Crippen LogP contribution in [0.1, 0.15) is 23.7 Å². The van der Waals surface area contributed by atoms with E-state index in [-0.39, 0.29) is 23.1 Å². The molecule has 122 valence electrons.